The maximum atomic E-state index is 7.29. The number of nitrogens with one attached hydrogen (secondary N) is 1. The summed E-state index contributed by atoms with van der Waals surface area (Å²) in [6.45, 7) is 4.20. The van der Waals surface area contributed by atoms with Crippen LogP contribution < -0.4 is 10.6 Å². The molecule has 6 heteroatoms. The van der Waals surface area contributed by atoms with Gasteiger partial charge >= 0.3 is 0 Å². The molecule has 1 fully saturated rings. The molecule has 0 radical (unpaired) electrons. The third-order valence-electron chi connectivity index (χ3n) is 3.47. The Morgan fingerprint density at radius 2 is 2.11 bits per heavy atom. The maximum absolute atomic E-state index is 7.29. The number of hydrogen-bond donors (Lipinski definition) is 2. The average molecular weight is 248 g/mol. The van der Waals surface area contributed by atoms with E-state index in [9.17, 15) is 0 Å². The highest BCUT2D eigenvalue weighted by Crippen LogP contribution is 2.23. The van der Waals surface area contributed by atoms with Crippen LogP contribution in [0.15, 0.2) is 12.4 Å². The van der Waals surface area contributed by atoms with Crippen molar-refractivity contribution in [2.24, 2.45) is 11.7 Å². The fraction of sp³-hybridized carbons (Fsp3) is 0.583. The van der Waals surface area contributed by atoms with E-state index < -0.39 is 0 Å². The topological polar surface area (TPSA) is 82.1 Å². The Kier molecular flexibility index (Phi) is 3.47. The Labute approximate surface area is 107 Å². The van der Waals surface area contributed by atoms with Gasteiger partial charge < -0.3 is 15.5 Å². The Bertz CT molecular complexity index is 427. The molecule has 0 saturated carbocycles. The minimum Gasteiger partial charge on any atom is -0.382 e. The van der Waals surface area contributed by atoms with E-state index in [1.54, 1.807) is 12.4 Å². The molecule has 1 aliphatic rings. The molecule has 0 aliphatic carbocycles. The maximum Gasteiger partial charge on any atom is 0.147 e. The first kappa shape index (κ1) is 12.8. The van der Waals surface area contributed by atoms with Crippen molar-refractivity contribution in [1.82, 2.24) is 14.9 Å². The van der Waals surface area contributed by atoms with Crippen molar-refractivity contribution in [3.8, 4) is 0 Å². The number of rotatable bonds is 3. The second-order valence-electron chi connectivity index (χ2n) is 5.09. The molecule has 1 aromatic rings. The monoisotopic (exact) mass is 248 g/mol. The van der Waals surface area contributed by atoms with Gasteiger partial charge in [-0.2, -0.15) is 0 Å². The molecule has 2 rings (SSSR count). The molecule has 2 atom stereocenters. The second kappa shape index (κ2) is 4.89. The molecule has 0 aromatic carbocycles. The van der Waals surface area contributed by atoms with Gasteiger partial charge in [0.2, 0.25) is 0 Å². The largest absolute Gasteiger partial charge is 0.382 e. The Morgan fingerprint density at radius 1 is 1.39 bits per heavy atom. The highest BCUT2D eigenvalue weighted by Gasteiger charge is 2.31. The van der Waals surface area contributed by atoms with Crippen molar-refractivity contribution in [1.29, 1.82) is 5.41 Å². The predicted molar refractivity (Wildman–Crippen MR) is 71.9 cm³/mol. The van der Waals surface area contributed by atoms with Crippen molar-refractivity contribution >= 4 is 11.7 Å². The summed E-state index contributed by atoms with van der Waals surface area (Å²) in [6.07, 6.45) is 3.26. The summed E-state index contributed by atoms with van der Waals surface area (Å²) >= 11 is 0. The highest BCUT2D eigenvalue weighted by molar-refractivity contribution is 5.92. The number of hydrogen-bond acceptors (Lipinski definition) is 5. The standard InChI is InChI=1S/C12H20N6/c1-8-6-18(7-10(8)17(2)3)11-5-15-9(4-16-11)12(13)14/h4-5,8,10H,6-7H2,1-3H3,(H3,13,14). The summed E-state index contributed by atoms with van der Waals surface area (Å²) in [7, 11) is 4.21. The minimum atomic E-state index is -0.0463. The average Bonchev–Trinajstić information content (AvgIpc) is 2.71. The summed E-state index contributed by atoms with van der Waals surface area (Å²) in [6, 6.07) is 0.541. The molecule has 0 spiro atoms. The van der Waals surface area contributed by atoms with Gasteiger partial charge in [0.1, 0.15) is 17.3 Å². The van der Waals surface area contributed by atoms with Crippen LogP contribution in [0.25, 0.3) is 0 Å². The lowest BCUT2D eigenvalue weighted by Crippen LogP contribution is -2.34. The van der Waals surface area contributed by atoms with Crippen molar-refractivity contribution in [2.45, 2.75) is 13.0 Å². The number of likely N-dealkylation sites (N-methyl/N-ethyl adjacent to an activating group) is 1. The van der Waals surface area contributed by atoms with Gasteiger partial charge in [-0.05, 0) is 20.0 Å². The number of nitrogens with two attached hydrogens (primary N) is 1. The van der Waals surface area contributed by atoms with Crippen LogP contribution in [-0.2, 0) is 0 Å². The molecule has 1 aliphatic heterocycles. The van der Waals surface area contributed by atoms with Crippen molar-refractivity contribution in [2.75, 3.05) is 32.1 Å². The van der Waals surface area contributed by atoms with Gasteiger partial charge in [0.25, 0.3) is 0 Å². The quantitative estimate of drug-likeness (QED) is 0.587. The number of anilines is 1. The first-order valence-electron chi connectivity index (χ1n) is 6.07. The van der Waals surface area contributed by atoms with Crippen molar-refractivity contribution in [3.05, 3.63) is 18.1 Å². The molecule has 1 aromatic heterocycles. The number of nitrogens with zero attached hydrogens (tertiary/aromatic N) is 4. The Hall–Kier alpha value is -1.69. The SMILES string of the molecule is CC1CN(c2cnc(C(=N)N)cn2)CC1N(C)C. The lowest BCUT2D eigenvalue weighted by Gasteiger charge is -2.22. The fourth-order valence-corrected chi connectivity index (χ4v) is 2.43. The van der Waals surface area contributed by atoms with Crippen molar-refractivity contribution < 1.29 is 0 Å². The zero-order chi connectivity index (χ0) is 13.3. The number of aromatic nitrogens is 2. The highest BCUT2D eigenvalue weighted by atomic mass is 15.3. The smallest absolute Gasteiger partial charge is 0.147 e. The Morgan fingerprint density at radius 3 is 2.56 bits per heavy atom. The molecule has 98 valence electrons. The third-order valence-corrected chi connectivity index (χ3v) is 3.47. The van der Waals surface area contributed by atoms with Gasteiger partial charge in [0.15, 0.2) is 0 Å². The molecule has 6 nitrogen and oxygen atoms in total. The van der Waals surface area contributed by atoms with Crippen LogP contribution in [0.1, 0.15) is 12.6 Å². The molecule has 1 saturated heterocycles. The Balaban J connectivity index is 2.11. The van der Waals surface area contributed by atoms with Crippen LogP contribution >= 0.6 is 0 Å². The summed E-state index contributed by atoms with van der Waals surface area (Å²) in [5.41, 5.74) is 5.79. The van der Waals surface area contributed by atoms with Gasteiger partial charge in [0, 0.05) is 19.1 Å². The molecule has 2 unspecified atom stereocenters. The third kappa shape index (κ3) is 2.43. The van der Waals surface area contributed by atoms with Gasteiger partial charge in [-0.15, -0.1) is 0 Å². The van der Waals surface area contributed by atoms with Gasteiger partial charge in [-0.3, -0.25) is 5.41 Å². The lowest BCUT2D eigenvalue weighted by molar-refractivity contribution is 0.266. The van der Waals surface area contributed by atoms with Gasteiger partial charge in [0.05, 0.1) is 12.4 Å². The first-order valence-corrected chi connectivity index (χ1v) is 6.07. The molecular weight excluding hydrogens is 228 g/mol. The van der Waals surface area contributed by atoms with Crippen LogP contribution in [0.2, 0.25) is 0 Å². The van der Waals surface area contributed by atoms with Crippen LogP contribution in [0.5, 0.6) is 0 Å². The van der Waals surface area contributed by atoms with E-state index in [1.165, 1.54) is 0 Å². The zero-order valence-corrected chi connectivity index (χ0v) is 11.1. The van der Waals surface area contributed by atoms with E-state index in [0.717, 1.165) is 18.9 Å². The summed E-state index contributed by atoms with van der Waals surface area (Å²) in [5, 5.41) is 7.29. The minimum absolute atomic E-state index is 0.0463. The summed E-state index contributed by atoms with van der Waals surface area (Å²) < 4.78 is 0. The molecule has 18 heavy (non-hydrogen) atoms. The van der Waals surface area contributed by atoms with E-state index in [0.29, 0.717) is 17.7 Å². The van der Waals surface area contributed by atoms with E-state index in [2.05, 4.69) is 40.8 Å². The zero-order valence-electron chi connectivity index (χ0n) is 11.1. The normalized spacial score (nSPS) is 23.7. The van der Waals surface area contributed by atoms with Crippen molar-refractivity contribution in [3.63, 3.8) is 0 Å². The molecule has 0 bridgehead atoms. The second-order valence-corrected chi connectivity index (χ2v) is 5.09. The number of nitrogen functional groups attached to an aromatic ring is 1. The van der Waals surface area contributed by atoms with E-state index in [1.807, 2.05) is 0 Å². The fourth-order valence-electron chi connectivity index (χ4n) is 2.43. The lowest BCUT2D eigenvalue weighted by atomic mass is 10.1. The predicted octanol–water partition coefficient (Wildman–Crippen LogP) is 0.147. The first-order chi connectivity index (χ1) is 8.49. The molecular formula is C12H20N6. The van der Waals surface area contributed by atoms with Crippen LogP contribution in [0.4, 0.5) is 5.82 Å². The van der Waals surface area contributed by atoms with Crippen LogP contribution in [0, 0.1) is 11.3 Å². The van der Waals surface area contributed by atoms with Crippen LogP contribution in [0.3, 0.4) is 0 Å². The molecule has 0 amide bonds. The van der Waals surface area contributed by atoms with E-state index >= 15 is 0 Å². The van der Waals surface area contributed by atoms with E-state index in [-0.39, 0.29) is 5.84 Å². The summed E-state index contributed by atoms with van der Waals surface area (Å²) in [4.78, 5) is 13.0. The number of amidine groups is 1. The van der Waals surface area contributed by atoms with Gasteiger partial charge in [-0.1, -0.05) is 6.92 Å². The van der Waals surface area contributed by atoms with E-state index in [4.69, 9.17) is 11.1 Å². The molecule has 3 N–H and O–H groups in total. The summed E-state index contributed by atoms with van der Waals surface area (Å²) in [5.74, 6) is 1.42. The molecule has 2 heterocycles. The van der Waals surface area contributed by atoms with Crippen LogP contribution in [-0.4, -0.2) is 53.9 Å². The van der Waals surface area contributed by atoms with Gasteiger partial charge in [-0.25, -0.2) is 9.97 Å².